The number of nitrogens with one attached hydrogen (secondary N) is 2. The molecule has 10 nitrogen and oxygen atoms in total. The molecule has 0 spiro atoms. The fraction of sp³-hybridized carbons (Fsp3) is 0.429. The molecule has 10 heteroatoms. The smallest absolute Gasteiger partial charge is 0.228 e. The molecule has 0 aliphatic carbocycles. The fourth-order valence-corrected chi connectivity index (χ4v) is 2.77. The Hall–Kier alpha value is -3.08. The highest BCUT2D eigenvalue weighted by atomic mass is 16.5. The molecule has 3 rings (SSSR count). The van der Waals surface area contributed by atoms with Crippen molar-refractivity contribution in [2.45, 2.75) is 13.0 Å². The third kappa shape index (κ3) is 8.28. The summed E-state index contributed by atoms with van der Waals surface area (Å²) >= 11 is 0. The van der Waals surface area contributed by atoms with Crippen LogP contribution in [0.15, 0.2) is 49.1 Å². The van der Waals surface area contributed by atoms with Gasteiger partial charge in [0.2, 0.25) is 11.9 Å². The van der Waals surface area contributed by atoms with E-state index in [1.54, 1.807) is 6.20 Å². The zero-order valence-corrected chi connectivity index (χ0v) is 17.6. The van der Waals surface area contributed by atoms with Crippen LogP contribution in [0.3, 0.4) is 0 Å². The van der Waals surface area contributed by atoms with Crippen molar-refractivity contribution in [3.63, 3.8) is 0 Å². The molecule has 2 heterocycles. The van der Waals surface area contributed by atoms with Crippen molar-refractivity contribution in [1.82, 2.24) is 24.5 Å². The number of imidazole rings is 1. The Morgan fingerprint density at radius 3 is 2.32 bits per heavy atom. The molecule has 166 valence electrons. The van der Waals surface area contributed by atoms with Crippen LogP contribution in [-0.4, -0.2) is 70.6 Å². The predicted octanol–water partition coefficient (Wildman–Crippen LogP) is 1.64. The molecule has 0 aliphatic rings. The Bertz CT molecular complexity index is 861. The van der Waals surface area contributed by atoms with E-state index in [1.165, 1.54) is 0 Å². The van der Waals surface area contributed by atoms with Crippen molar-refractivity contribution in [3.8, 4) is 11.4 Å². The van der Waals surface area contributed by atoms with Crippen molar-refractivity contribution in [2.75, 3.05) is 56.7 Å². The van der Waals surface area contributed by atoms with Crippen LogP contribution in [0.25, 0.3) is 11.4 Å². The van der Waals surface area contributed by atoms with Crippen molar-refractivity contribution in [2.24, 2.45) is 5.73 Å². The summed E-state index contributed by atoms with van der Waals surface area (Å²) in [7, 11) is 0. The van der Waals surface area contributed by atoms with Gasteiger partial charge in [0.25, 0.3) is 0 Å². The molecule has 0 amide bonds. The van der Waals surface area contributed by atoms with Crippen molar-refractivity contribution in [1.29, 1.82) is 0 Å². The molecular formula is C21H30N8O2. The van der Waals surface area contributed by atoms with Crippen LogP contribution in [0.1, 0.15) is 6.42 Å². The van der Waals surface area contributed by atoms with Gasteiger partial charge in [0, 0.05) is 44.1 Å². The summed E-state index contributed by atoms with van der Waals surface area (Å²) in [6.45, 7) is 4.84. The highest BCUT2D eigenvalue weighted by molar-refractivity contribution is 5.57. The second kappa shape index (κ2) is 13.3. The number of ether oxygens (including phenoxy) is 2. The lowest BCUT2D eigenvalue weighted by Crippen LogP contribution is -2.17. The summed E-state index contributed by atoms with van der Waals surface area (Å²) in [6, 6.07) is 9.85. The first-order valence-electron chi connectivity index (χ1n) is 10.5. The van der Waals surface area contributed by atoms with Gasteiger partial charge in [-0.3, -0.25) is 0 Å². The van der Waals surface area contributed by atoms with Crippen LogP contribution in [0.2, 0.25) is 0 Å². The highest BCUT2D eigenvalue weighted by Crippen LogP contribution is 2.17. The number of aryl methyl sites for hydroxylation is 1. The van der Waals surface area contributed by atoms with E-state index in [9.17, 15) is 0 Å². The number of aromatic nitrogens is 5. The summed E-state index contributed by atoms with van der Waals surface area (Å²) in [5.41, 5.74) is 6.31. The van der Waals surface area contributed by atoms with E-state index in [0.29, 0.717) is 57.2 Å². The lowest BCUT2D eigenvalue weighted by molar-refractivity contribution is 0.0547. The predicted molar refractivity (Wildman–Crippen MR) is 120 cm³/mol. The summed E-state index contributed by atoms with van der Waals surface area (Å²) in [6.07, 6.45) is 6.46. The second-order valence-corrected chi connectivity index (χ2v) is 6.69. The molecule has 0 fully saturated rings. The zero-order valence-electron chi connectivity index (χ0n) is 17.6. The molecule has 1 aromatic carbocycles. The van der Waals surface area contributed by atoms with Crippen LogP contribution < -0.4 is 16.4 Å². The second-order valence-electron chi connectivity index (χ2n) is 6.69. The Labute approximate surface area is 182 Å². The minimum Gasteiger partial charge on any atom is -0.378 e. The van der Waals surface area contributed by atoms with E-state index < -0.39 is 0 Å². The van der Waals surface area contributed by atoms with E-state index in [-0.39, 0.29) is 0 Å². The first-order valence-corrected chi connectivity index (χ1v) is 10.5. The van der Waals surface area contributed by atoms with E-state index in [4.69, 9.17) is 15.2 Å². The molecule has 31 heavy (non-hydrogen) atoms. The van der Waals surface area contributed by atoms with Gasteiger partial charge in [-0.25, -0.2) is 4.98 Å². The van der Waals surface area contributed by atoms with E-state index in [1.807, 2.05) is 47.4 Å². The van der Waals surface area contributed by atoms with Crippen molar-refractivity contribution in [3.05, 3.63) is 49.1 Å². The van der Waals surface area contributed by atoms with E-state index in [0.717, 1.165) is 25.1 Å². The third-order valence-electron chi connectivity index (χ3n) is 4.27. The summed E-state index contributed by atoms with van der Waals surface area (Å²) in [5, 5.41) is 6.50. The monoisotopic (exact) mass is 426 g/mol. The Morgan fingerprint density at radius 1 is 0.871 bits per heavy atom. The molecule has 0 saturated heterocycles. The van der Waals surface area contributed by atoms with Crippen LogP contribution in [-0.2, 0) is 16.0 Å². The van der Waals surface area contributed by atoms with Crippen LogP contribution in [0.4, 0.5) is 11.9 Å². The lowest BCUT2D eigenvalue weighted by Gasteiger charge is -2.11. The summed E-state index contributed by atoms with van der Waals surface area (Å²) in [5.74, 6) is 1.67. The van der Waals surface area contributed by atoms with Gasteiger partial charge < -0.3 is 30.4 Å². The normalized spacial score (nSPS) is 10.9. The van der Waals surface area contributed by atoms with Gasteiger partial charge in [-0.15, -0.1) is 0 Å². The van der Waals surface area contributed by atoms with Gasteiger partial charge in [-0.2, -0.15) is 15.0 Å². The average Bonchev–Trinajstić information content (AvgIpc) is 3.33. The van der Waals surface area contributed by atoms with Crippen LogP contribution in [0.5, 0.6) is 0 Å². The number of anilines is 2. The molecule has 2 aromatic heterocycles. The quantitative estimate of drug-likeness (QED) is 0.311. The van der Waals surface area contributed by atoms with Crippen molar-refractivity contribution >= 4 is 11.9 Å². The van der Waals surface area contributed by atoms with Crippen LogP contribution >= 0.6 is 0 Å². The van der Waals surface area contributed by atoms with Gasteiger partial charge in [-0.1, -0.05) is 30.3 Å². The highest BCUT2D eigenvalue weighted by Gasteiger charge is 2.08. The minimum absolute atomic E-state index is 0.508. The molecule has 0 bridgehead atoms. The maximum Gasteiger partial charge on any atom is 0.228 e. The standard InChI is InChI=1S/C21H30N8O2/c22-7-13-30-15-16-31-14-10-25-21-27-19(18-5-2-1-3-6-18)26-20(28-21)24-8-4-11-29-12-9-23-17-29/h1-3,5-6,9,12,17H,4,7-8,10-11,13-16,22H2,(H2,24,25,26,27,28). The van der Waals surface area contributed by atoms with Gasteiger partial charge >= 0.3 is 0 Å². The molecule has 3 aromatic rings. The van der Waals surface area contributed by atoms with Crippen LogP contribution in [0, 0.1) is 0 Å². The first kappa shape index (κ1) is 22.6. The number of nitrogens with zero attached hydrogens (tertiary/aromatic N) is 5. The topological polar surface area (TPSA) is 125 Å². The van der Waals surface area contributed by atoms with Gasteiger partial charge in [0.15, 0.2) is 5.82 Å². The first-order chi connectivity index (χ1) is 15.3. The Kier molecular flexibility index (Phi) is 9.67. The Balaban J connectivity index is 1.52. The molecule has 0 radical (unpaired) electrons. The molecular weight excluding hydrogens is 396 g/mol. The number of rotatable bonds is 15. The molecule has 0 unspecified atom stereocenters. The summed E-state index contributed by atoms with van der Waals surface area (Å²) in [4.78, 5) is 17.7. The SMILES string of the molecule is NCCOCCOCCNc1nc(NCCCn2ccnc2)nc(-c2ccccc2)n1. The van der Waals surface area contributed by atoms with E-state index in [2.05, 4.69) is 30.6 Å². The number of benzene rings is 1. The number of hydrogen-bond donors (Lipinski definition) is 3. The van der Waals surface area contributed by atoms with Gasteiger partial charge in [0.05, 0.1) is 32.8 Å². The minimum atomic E-state index is 0.508. The molecule has 0 atom stereocenters. The van der Waals surface area contributed by atoms with Gasteiger partial charge in [-0.05, 0) is 6.42 Å². The van der Waals surface area contributed by atoms with E-state index >= 15 is 0 Å². The molecule has 4 N–H and O–H groups in total. The number of nitrogens with two attached hydrogens (primary N) is 1. The lowest BCUT2D eigenvalue weighted by atomic mass is 10.2. The maximum absolute atomic E-state index is 5.54. The molecule has 0 aliphatic heterocycles. The number of hydrogen-bond acceptors (Lipinski definition) is 9. The Morgan fingerprint density at radius 2 is 1.61 bits per heavy atom. The van der Waals surface area contributed by atoms with Gasteiger partial charge in [0.1, 0.15) is 0 Å². The third-order valence-corrected chi connectivity index (χ3v) is 4.27. The average molecular weight is 427 g/mol. The fourth-order valence-electron chi connectivity index (χ4n) is 2.77. The van der Waals surface area contributed by atoms with Crippen molar-refractivity contribution < 1.29 is 9.47 Å². The molecule has 0 saturated carbocycles. The zero-order chi connectivity index (χ0) is 21.6. The summed E-state index contributed by atoms with van der Waals surface area (Å²) < 4.78 is 12.9. The largest absolute Gasteiger partial charge is 0.378 e. The maximum atomic E-state index is 5.54.